The lowest BCUT2D eigenvalue weighted by atomic mass is 10.0. The van der Waals surface area contributed by atoms with Gasteiger partial charge in [-0.1, -0.05) is 96.5 Å². The van der Waals surface area contributed by atoms with E-state index in [1.165, 1.54) is 70.3 Å². The van der Waals surface area contributed by atoms with Gasteiger partial charge < -0.3 is 9.47 Å². The molecular weight excluding hydrogens is 420 g/mol. The summed E-state index contributed by atoms with van der Waals surface area (Å²) in [7, 11) is -4.75. The summed E-state index contributed by atoms with van der Waals surface area (Å²) in [6, 6.07) is 0. The summed E-state index contributed by atoms with van der Waals surface area (Å²) in [5, 5.41) is -1.96. The van der Waals surface area contributed by atoms with Gasteiger partial charge in [0.25, 0.3) is 10.1 Å². The van der Waals surface area contributed by atoms with Crippen LogP contribution >= 0.6 is 0 Å². The van der Waals surface area contributed by atoms with Crippen molar-refractivity contribution in [2.24, 2.45) is 0 Å². The molecular formula is C23H42O7S. The molecule has 0 saturated heterocycles. The smallest absolute Gasteiger partial charge is 0.327 e. The van der Waals surface area contributed by atoms with Gasteiger partial charge in [-0.05, 0) is 13.3 Å². The van der Waals surface area contributed by atoms with Crippen molar-refractivity contribution in [1.82, 2.24) is 0 Å². The molecule has 7 nitrogen and oxygen atoms in total. The van der Waals surface area contributed by atoms with E-state index in [-0.39, 0.29) is 6.61 Å². The Hall–Kier alpha value is -1.41. The molecule has 0 rings (SSSR count). The summed E-state index contributed by atoms with van der Waals surface area (Å²) in [5.41, 5.74) is 0. The standard InChI is InChI=1S/C23H42O7S/c1-3-5-6-7-8-9-10-11-12-13-14-15-16-17-19-30-23(25)21(31(26,27)28)20-22(24)29-18-4-2/h4,18,21H,3,5-17,19-20H2,1-2H3,(H,26,27,28)/b18-4+. The number of allylic oxidation sites excluding steroid dienone is 1. The molecule has 0 saturated carbocycles. The Morgan fingerprint density at radius 2 is 1.29 bits per heavy atom. The van der Waals surface area contributed by atoms with Gasteiger partial charge in [0, 0.05) is 0 Å². The van der Waals surface area contributed by atoms with E-state index in [9.17, 15) is 22.6 Å². The van der Waals surface area contributed by atoms with E-state index < -0.39 is 33.7 Å². The highest BCUT2D eigenvalue weighted by atomic mass is 32.2. The SMILES string of the molecule is C/C=C/OC(=O)CC(C(=O)OCCCCCCCCCCCCCCCC)S(=O)(=O)O. The fourth-order valence-electron chi connectivity index (χ4n) is 3.22. The third kappa shape index (κ3) is 17.9. The number of ether oxygens (including phenoxy) is 2. The highest BCUT2D eigenvalue weighted by molar-refractivity contribution is 7.87. The number of rotatable bonds is 20. The quantitative estimate of drug-likeness (QED) is 0.106. The van der Waals surface area contributed by atoms with E-state index in [0.717, 1.165) is 25.5 Å². The summed E-state index contributed by atoms with van der Waals surface area (Å²) in [6.07, 6.45) is 18.5. The maximum Gasteiger partial charge on any atom is 0.327 e. The molecule has 0 spiro atoms. The molecule has 0 aromatic rings. The highest BCUT2D eigenvalue weighted by Gasteiger charge is 2.35. The van der Waals surface area contributed by atoms with E-state index >= 15 is 0 Å². The largest absolute Gasteiger partial charge is 0.465 e. The molecule has 31 heavy (non-hydrogen) atoms. The number of carbonyl (C=O) groups is 2. The zero-order chi connectivity index (χ0) is 23.4. The Morgan fingerprint density at radius 1 is 0.839 bits per heavy atom. The van der Waals surface area contributed by atoms with Gasteiger partial charge in [0.1, 0.15) is 0 Å². The zero-order valence-electron chi connectivity index (χ0n) is 19.4. The average molecular weight is 463 g/mol. The van der Waals surface area contributed by atoms with Gasteiger partial charge in [0.05, 0.1) is 19.3 Å². The molecule has 0 amide bonds. The molecule has 0 aliphatic carbocycles. The fraction of sp³-hybridized carbons (Fsp3) is 0.826. The van der Waals surface area contributed by atoms with Crippen LogP contribution in [0.3, 0.4) is 0 Å². The monoisotopic (exact) mass is 462 g/mol. The van der Waals surface area contributed by atoms with E-state index in [0.29, 0.717) is 6.42 Å². The maximum atomic E-state index is 11.9. The Kier molecular flexibility index (Phi) is 18.4. The van der Waals surface area contributed by atoms with Crippen LogP contribution in [-0.4, -0.2) is 36.8 Å². The van der Waals surface area contributed by atoms with Crippen molar-refractivity contribution in [2.75, 3.05) is 6.61 Å². The first-order valence-electron chi connectivity index (χ1n) is 11.8. The lowest BCUT2D eigenvalue weighted by Gasteiger charge is -2.12. The van der Waals surface area contributed by atoms with Crippen molar-refractivity contribution in [2.45, 2.75) is 115 Å². The van der Waals surface area contributed by atoms with Crippen LogP contribution in [0.5, 0.6) is 0 Å². The minimum atomic E-state index is -4.75. The second-order valence-electron chi connectivity index (χ2n) is 7.93. The number of unbranched alkanes of at least 4 members (excludes halogenated alkanes) is 13. The normalized spacial score (nSPS) is 12.7. The molecule has 0 radical (unpaired) electrons. The molecule has 0 aromatic carbocycles. The predicted molar refractivity (Wildman–Crippen MR) is 122 cm³/mol. The third-order valence-electron chi connectivity index (χ3n) is 5.05. The van der Waals surface area contributed by atoms with Crippen molar-refractivity contribution in [3.8, 4) is 0 Å². The molecule has 0 aliphatic rings. The van der Waals surface area contributed by atoms with Crippen LogP contribution in [0.2, 0.25) is 0 Å². The van der Waals surface area contributed by atoms with Crippen molar-refractivity contribution in [1.29, 1.82) is 0 Å². The molecule has 1 atom stereocenters. The van der Waals surface area contributed by atoms with E-state index in [1.807, 2.05) is 0 Å². The summed E-state index contributed by atoms with van der Waals surface area (Å²) in [4.78, 5) is 23.5. The topological polar surface area (TPSA) is 107 Å². The minimum absolute atomic E-state index is 0.0623. The Morgan fingerprint density at radius 3 is 1.71 bits per heavy atom. The van der Waals surface area contributed by atoms with E-state index in [2.05, 4.69) is 11.7 Å². The van der Waals surface area contributed by atoms with Gasteiger partial charge in [-0.25, -0.2) is 0 Å². The van der Waals surface area contributed by atoms with Crippen LogP contribution in [0, 0.1) is 0 Å². The Labute approximate surface area is 188 Å². The van der Waals surface area contributed by atoms with Crippen molar-refractivity contribution in [3.05, 3.63) is 12.3 Å². The first-order chi connectivity index (χ1) is 14.8. The van der Waals surface area contributed by atoms with Gasteiger partial charge >= 0.3 is 11.9 Å². The summed E-state index contributed by atoms with van der Waals surface area (Å²) in [6.45, 7) is 3.91. The number of hydrogen-bond donors (Lipinski definition) is 1. The summed E-state index contributed by atoms with van der Waals surface area (Å²) >= 11 is 0. The second kappa shape index (κ2) is 19.3. The van der Waals surface area contributed by atoms with E-state index in [4.69, 9.17) is 4.74 Å². The predicted octanol–water partition coefficient (Wildman–Crippen LogP) is 5.73. The second-order valence-corrected chi connectivity index (χ2v) is 9.53. The van der Waals surface area contributed by atoms with Crippen LogP contribution in [0.1, 0.15) is 110 Å². The number of hydrogen-bond acceptors (Lipinski definition) is 6. The molecule has 0 aliphatic heterocycles. The van der Waals surface area contributed by atoms with Crippen molar-refractivity contribution >= 4 is 22.1 Å². The Bertz CT molecular complexity index is 599. The molecule has 1 unspecified atom stereocenters. The number of esters is 2. The molecule has 182 valence electrons. The molecule has 1 N–H and O–H groups in total. The summed E-state index contributed by atoms with van der Waals surface area (Å²) in [5.74, 6) is -2.07. The first kappa shape index (κ1) is 29.6. The lowest BCUT2D eigenvalue weighted by molar-refractivity contribution is -0.147. The molecule has 0 aromatic heterocycles. The van der Waals surface area contributed by atoms with Gasteiger partial charge in [0.15, 0.2) is 5.25 Å². The van der Waals surface area contributed by atoms with Crippen LogP contribution in [-0.2, 0) is 29.2 Å². The van der Waals surface area contributed by atoms with E-state index in [1.54, 1.807) is 6.92 Å². The van der Waals surface area contributed by atoms with Gasteiger partial charge in [0.2, 0.25) is 0 Å². The minimum Gasteiger partial charge on any atom is -0.465 e. The fourth-order valence-corrected chi connectivity index (χ4v) is 3.87. The molecule has 0 fully saturated rings. The van der Waals surface area contributed by atoms with Gasteiger partial charge in [-0.3, -0.25) is 14.1 Å². The van der Waals surface area contributed by atoms with Crippen molar-refractivity contribution in [3.63, 3.8) is 0 Å². The van der Waals surface area contributed by atoms with Gasteiger partial charge in [-0.2, -0.15) is 8.42 Å². The third-order valence-corrected chi connectivity index (χ3v) is 6.13. The molecule has 0 heterocycles. The van der Waals surface area contributed by atoms with Crippen LogP contribution < -0.4 is 0 Å². The van der Waals surface area contributed by atoms with Crippen LogP contribution in [0.4, 0.5) is 0 Å². The van der Waals surface area contributed by atoms with Crippen molar-refractivity contribution < 1.29 is 32.0 Å². The van der Waals surface area contributed by atoms with Crippen LogP contribution in [0.25, 0.3) is 0 Å². The molecule has 8 heteroatoms. The summed E-state index contributed by atoms with van der Waals surface area (Å²) < 4.78 is 41.5. The maximum absolute atomic E-state index is 11.9. The first-order valence-corrected chi connectivity index (χ1v) is 13.3. The lowest BCUT2D eigenvalue weighted by Crippen LogP contribution is -2.34. The highest BCUT2D eigenvalue weighted by Crippen LogP contribution is 2.13. The van der Waals surface area contributed by atoms with Crippen LogP contribution in [0.15, 0.2) is 12.3 Å². The Balaban J connectivity index is 3.77. The van der Waals surface area contributed by atoms with Gasteiger partial charge in [-0.15, -0.1) is 0 Å². The zero-order valence-corrected chi connectivity index (χ0v) is 20.2. The number of carbonyl (C=O) groups excluding carboxylic acids is 2. The molecule has 0 bridgehead atoms. The average Bonchev–Trinajstić information content (AvgIpc) is 2.72.